The molecule has 0 amide bonds. The molecule has 0 N–H and O–H groups in total. The van der Waals surface area contributed by atoms with Gasteiger partial charge in [0.1, 0.15) is 11.5 Å². The van der Waals surface area contributed by atoms with Crippen LogP contribution in [0.3, 0.4) is 0 Å². The average molecular weight is 332 g/mol. The highest BCUT2D eigenvalue weighted by Gasteiger charge is 2.21. The van der Waals surface area contributed by atoms with Gasteiger partial charge in [-0.15, -0.1) is 0 Å². The normalized spacial score (nSPS) is 12.8. The first kappa shape index (κ1) is 14.2. The summed E-state index contributed by atoms with van der Waals surface area (Å²) >= 11 is 0. The van der Waals surface area contributed by atoms with Crippen LogP contribution in [0.15, 0.2) is 59.0 Å². The number of hydrogen-bond donors (Lipinski definition) is 0. The maximum absolute atomic E-state index is 5.81. The van der Waals surface area contributed by atoms with Crippen LogP contribution in [0, 0.1) is 6.92 Å². The lowest BCUT2D eigenvalue weighted by molar-refractivity contribution is 0.174. The summed E-state index contributed by atoms with van der Waals surface area (Å²) in [5.41, 5.74) is 3.00. The van der Waals surface area contributed by atoms with Gasteiger partial charge in [0.2, 0.25) is 6.79 Å². The summed E-state index contributed by atoms with van der Waals surface area (Å²) in [6.45, 7) is 2.86. The van der Waals surface area contributed by atoms with Crippen LogP contribution < -0.4 is 9.47 Å². The Kier molecular flexibility index (Phi) is 3.06. The molecule has 2 aromatic heterocycles. The zero-order valence-electron chi connectivity index (χ0n) is 13.7. The summed E-state index contributed by atoms with van der Waals surface area (Å²) in [5, 5.41) is 5.82. The molecule has 25 heavy (non-hydrogen) atoms. The third-order valence-corrected chi connectivity index (χ3v) is 4.39. The molecule has 0 spiro atoms. The summed E-state index contributed by atoms with van der Waals surface area (Å²) < 4.78 is 18.9. The number of furan rings is 1. The molecule has 0 unspecified atom stereocenters. The van der Waals surface area contributed by atoms with Crippen molar-refractivity contribution >= 4 is 10.9 Å². The fourth-order valence-corrected chi connectivity index (χ4v) is 3.18. The lowest BCUT2D eigenvalue weighted by Gasteiger charge is -2.04. The van der Waals surface area contributed by atoms with Gasteiger partial charge in [0.25, 0.3) is 0 Å². The Bertz CT molecular complexity index is 1060. The standard InChI is InChI=1S/C20H16N2O3/c1-13-7-8-17(25-13)20-15-9-18-19(24-12-23-18)10-16(15)22(21-20)11-14-5-3-2-4-6-14/h2-10H,11-12H2,1H3. The van der Waals surface area contributed by atoms with Gasteiger partial charge in [0.15, 0.2) is 17.3 Å². The van der Waals surface area contributed by atoms with E-state index in [0.717, 1.165) is 39.6 Å². The maximum Gasteiger partial charge on any atom is 0.231 e. The van der Waals surface area contributed by atoms with Gasteiger partial charge in [-0.25, -0.2) is 0 Å². The molecular weight excluding hydrogens is 316 g/mol. The Hall–Kier alpha value is -3.21. The van der Waals surface area contributed by atoms with Crippen molar-refractivity contribution in [3.05, 3.63) is 65.9 Å². The van der Waals surface area contributed by atoms with Crippen molar-refractivity contribution < 1.29 is 13.9 Å². The van der Waals surface area contributed by atoms with Crippen molar-refractivity contribution in [2.24, 2.45) is 0 Å². The Morgan fingerprint density at radius 3 is 2.56 bits per heavy atom. The minimum Gasteiger partial charge on any atom is -0.460 e. The van der Waals surface area contributed by atoms with E-state index in [2.05, 4.69) is 12.1 Å². The molecule has 0 saturated carbocycles. The van der Waals surface area contributed by atoms with Crippen LogP contribution >= 0.6 is 0 Å². The number of benzene rings is 2. The molecule has 3 heterocycles. The van der Waals surface area contributed by atoms with Crippen LogP contribution in [0.4, 0.5) is 0 Å². The summed E-state index contributed by atoms with van der Waals surface area (Å²) in [4.78, 5) is 0. The monoisotopic (exact) mass is 332 g/mol. The highest BCUT2D eigenvalue weighted by molar-refractivity contribution is 5.94. The molecule has 0 bridgehead atoms. The Morgan fingerprint density at radius 2 is 1.80 bits per heavy atom. The predicted molar refractivity (Wildman–Crippen MR) is 93.8 cm³/mol. The van der Waals surface area contributed by atoms with Crippen LogP contribution in [0.1, 0.15) is 11.3 Å². The second kappa shape index (κ2) is 5.41. The Labute approximate surface area is 144 Å². The van der Waals surface area contributed by atoms with Crippen molar-refractivity contribution in [2.75, 3.05) is 6.79 Å². The third kappa shape index (κ3) is 2.36. The molecule has 0 radical (unpaired) electrons. The third-order valence-electron chi connectivity index (χ3n) is 4.39. The fourth-order valence-electron chi connectivity index (χ4n) is 3.18. The number of hydrogen-bond acceptors (Lipinski definition) is 4. The van der Waals surface area contributed by atoms with Crippen LogP contribution in [-0.2, 0) is 6.54 Å². The maximum atomic E-state index is 5.81. The van der Waals surface area contributed by atoms with Crippen molar-refractivity contribution in [1.82, 2.24) is 9.78 Å². The first-order valence-electron chi connectivity index (χ1n) is 8.19. The molecule has 124 valence electrons. The van der Waals surface area contributed by atoms with Crippen molar-refractivity contribution in [3.8, 4) is 23.0 Å². The molecule has 2 aromatic carbocycles. The molecule has 0 fully saturated rings. The summed E-state index contributed by atoms with van der Waals surface area (Å²) in [6.07, 6.45) is 0. The zero-order valence-corrected chi connectivity index (χ0v) is 13.7. The number of nitrogens with zero attached hydrogens (tertiary/aromatic N) is 2. The number of aromatic nitrogens is 2. The van der Waals surface area contributed by atoms with Gasteiger partial charge in [-0.1, -0.05) is 30.3 Å². The smallest absolute Gasteiger partial charge is 0.231 e. The van der Waals surface area contributed by atoms with E-state index in [-0.39, 0.29) is 6.79 Å². The molecule has 0 atom stereocenters. The van der Waals surface area contributed by atoms with E-state index in [1.165, 1.54) is 5.56 Å². The SMILES string of the molecule is Cc1ccc(-c2nn(Cc3ccccc3)c3cc4c(cc23)OCO4)o1. The Balaban J connectivity index is 1.71. The molecular formula is C20H16N2O3. The number of rotatable bonds is 3. The molecule has 1 aliphatic rings. The van der Waals surface area contributed by atoms with E-state index in [9.17, 15) is 0 Å². The molecule has 0 aliphatic carbocycles. The highest BCUT2D eigenvalue weighted by atomic mass is 16.7. The zero-order chi connectivity index (χ0) is 16.8. The molecule has 5 nitrogen and oxygen atoms in total. The molecule has 5 heteroatoms. The topological polar surface area (TPSA) is 49.4 Å². The van der Waals surface area contributed by atoms with Gasteiger partial charge in [-0.3, -0.25) is 4.68 Å². The summed E-state index contributed by atoms with van der Waals surface area (Å²) in [5.74, 6) is 3.12. The largest absolute Gasteiger partial charge is 0.460 e. The lowest BCUT2D eigenvalue weighted by Crippen LogP contribution is -2.01. The minimum absolute atomic E-state index is 0.253. The average Bonchev–Trinajstić information content (AvgIpc) is 3.33. The van der Waals surface area contributed by atoms with Crippen molar-refractivity contribution in [1.29, 1.82) is 0 Å². The van der Waals surface area contributed by atoms with Gasteiger partial charge >= 0.3 is 0 Å². The number of aryl methyl sites for hydroxylation is 1. The lowest BCUT2D eigenvalue weighted by atomic mass is 10.1. The van der Waals surface area contributed by atoms with E-state index in [0.29, 0.717) is 6.54 Å². The molecule has 4 aromatic rings. The van der Waals surface area contributed by atoms with Gasteiger partial charge in [-0.05, 0) is 30.7 Å². The molecule has 1 aliphatic heterocycles. The molecule has 5 rings (SSSR count). The van der Waals surface area contributed by atoms with Gasteiger partial charge in [-0.2, -0.15) is 5.10 Å². The van der Waals surface area contributed by atoms with Gasteiger partial charge in [0.05, 0.1) is 12.1 Å². The van der Waals surface area contributed by atoms with Crippen molar-refractivity contribution in [2.45, 2.75) is 13.5 Å². The number of ether oxygens (including phenoxy) is 2. The minimum atomic E-state index is 0.253. The van der Waals surface area contributed by atoms with Crippen LogP contribution in [0.2, 0.25) is 0 Å². The number of fused-ring (bicyclic) bond motifs is 2. The second-order valence-corrected chi connectivity index (χ2v) is 6.12. The van der Waals surface area contributed by atoms with Crippen LogP contribution in [0.25, 0.3) is 22.4 Å². The van der Waals surface area contributed by atoms with E-state index in [1.54, 1.807) is 0 Å². The van der Waals surface area contributed by atoms with E-state index >= 15 is 0 Å². The van der Waals surface area contributed by atoms with Crippen LogP contribution in [-0.4, -0.2) is 16.6 Å². The van der Waals surface area contributed by atoms with Crippen molar-refractivity contribution in [3.63, 3.8) is 0 Å². The van der Waals surface area contributed by atoms with Gasteiger partial charge < -0.3 is 13.9 Å². The molecule has 0 saturated heterocycles. The quantitative estimate of drug-likeness (QED) is 0.558. The first-order chi connectivity index (χ1) is 12.3. The first-order valence-corrected chi connectivity index (χ1v) is 8.19. The summed E-state index contributed by atoms with van der Waals surface area (Å²) in [7, 11) is 0. The second-order valence-electron chi connectivity index (χ2n) is 6.12. The predicted octanol–water partition coefficient (Wildman–Crippen LogP) is 4.38. The van der Waals surface area contributed by atoms with E-state index < -0.39 is 0 Å². The van der Waals surface area contributed by atoms with E-state index in [1.807, 2.05) is 54.1 Å². The highest BCUT2D eigenvalue weighted by Crippen LogP contribution is 2.40. The Morgan fingerprint density at radius 1 is 1.00 bits per heavy atom. The van der Waals surface area contributed by atoms with Gasteiger partial charge in [0, 0.05) is 11.5 Å². The van der Waals surface area contributed by atoms with E-state index in [4.69, 9.17) is 19.0 Å². The summed E-state index contributed by atoms with van der Waals surface area (Å²) in [6, 6.07) is 18.2. The fraction of sp³-hybridized carbons (Fsp3) is 0.150. The van der Waals surface area contributed by atoms with Crippen LogP contribution in [0.5, 0.6) is 11.5 Å².